The van der Waals surface area contributed by atoms with E-state index in [9.17, 15) is 9.59 Å². The molecule has 1 aliphatic carbocycles. The summed E-state index contributed by atoms with van der Waals surface area (Å²) in [5, 5.41) is 12.7. The fraction of sp³-hybridized carbons (Fsp3) is 0.833. The van der Waals surface area contributed by atoms with Crippen molar-refractivity contribution in [1.29, 1.82) is 0 Å². The van der Waals surface area contributed by atoms with E-state index in [2.05, 4.69) is 12.2 Å². The van der Waals surface area contributed by atoms with Crippen LogP contribution in [-0.4, -0.2) is 56.7 Å². The maximum atomic E-state index is 12.1. The predicted octanol–water partition coefficient (Wildman–Crippen LogP) is 1.83. The van der Waals surface area contributed by atoms with Crippen LogP contribution in [0.2, 0.25) is 0 Å². The Morgan fingerprint density at radius 3 is 2.95 bits per heavy atom. The Labute approximate surface area is 121 Å². The number of rotatable bonds is 4. The minimum atomic E-state index is -0.911. The summed E-state index contributed by atoms with van der Waals surface area (Å²) in [6.45, 7) is 2.15. The van der Waals surface area contributed by atoms with Gasteiger partial charge in [0.15, 0.2) is 0 Å². The van der Waals surface area contributed by atoms with Gasteiger partial charge in [0, 0.05) is 17.0 Å². The van der Waals surface area contributed by atoms with Crippen LogP contribution in [0, 0.1) is 0 Å². The molecule has 5 nitrogen and oxygen atoms in total. The SMILES string of the molecule is CCSC1CCC(NC(=O)N2CSC[C@H]2C(=O)O)C1. The molecule has 2 amide bonds. The topological polar surface area (TPSA) is 69.6 Å². The number of aliphatic carboxylic acids is 1. The molecule has 2 unspecified atom stereocenters. The maximum absolute atomic E-state index is 12.1. The molecule has 2 rings (SSSR count). The summed E-state index contributed by atoms with van der Waals surface area (Å²) >= 11 is 3.44. The number of carbonyl (C=O) groups excluding carboxylic acids is 1. The smallest absolute Gasteiger partial charge is 0.327 e. The number of carboxylic acids is 1. The Balaban J connectivity index is 1.83. The first kappa shape index (κ1) is 14.8. The fourth-order valence-electron chi connectivity index (χ4n) is 2.56. The van der Waals surface area contributed by atoms with Gasteiger partial charge in [0.25, 0.3) is 0 Å². The quantitative estimate of drug-likeness (QED) is 0.829. The van der Waals surface area contributed by atoms with Crippen LogP contribution >= 0.6 is 23.5 Å². The van der Waals surface area contributed by atoms with Crippen molar-refractivity contribution in [3.05, 3.63) is 0 Å². The molecule has 2 N–H and O–H groups in total. The summed E-state index contributed by atoms with van der Waals surface area (Å²) in [4.78, 5) is 24.6. The Kier molecular flexibility index (Phi) is 5.27. The second-order valence-electron chi connectivity index (χ2n) is 4.86. The summed E-state index contributed by atoms with van der Waals surface area (Å²) in [5.41, 5.74) is 0. The summed E-state index contributed by atoms with van der Waals surface area (Å²) in [6.07, 6.45) is 3.14. The molecule has 0 radical (unpaired) electrons. The number of hydrogen-bond acceptors (Lipinski definition) is 4. The number of carboxylic acid groups (broad SMARTS) is 1. The third kappa shape index (κ3) is 3.72. The van der Waals surface area contributed by atoms with Crippen LogP contribution in [-0.2, 0) is 4.79 Å². The predicted molar refractivity (Wildman–Crippen MR) is 78.7 cm³/mol. The van der Waals surface area contributed by atoms with Crippen LogP contribution in [0.15, 0.2) is 0 Å². The highest BCUT2D eigenvalue weighted by Gasteiger charge is 2.36. The molecule has 3 atom stereocenters. The van der Waals surface area contributed by atoms with E-state index in [4.69, 9.17) is 5.11 Å². The molecular weight excluding hydrogens is 284 g/mol. The first-order valence-electron chi connectivity index (χ1n) is 6.61. The van der Waals surface area contributed by atoms with Crippen LogP contribution in [0.4, 0.5) is 4.79 Å². The lowest BCUT2D eigenvalue weighted by atomic mass is 10.2. The largest absolute Gasteiger partial charge is 0.480 e. The first-order valence-corrected chi connectivity index (χ1v) is 8.81. The summed E-state index contributed by atoms with van der Waals surface area (Å²) in [7, 11) is 0. The molecule has 2 fully saturated rings. The number of urea groups is 1. The molecule has 7 heteroatoms. The minimum Gasteiger partial charge on any atom is -0.480 e. The number of nitrogens with zero attached hydrogens (tertiary/aromatic N) is 1. The molecule has 0 aromatic carbocycles. The van der Waals surface area contributed by atoms with Gasteiger partial charge in [0.1, 0.15) is 6.04 Å². The number of nitrogens with one attached hydrogen (secondary N) is 1. The van der Waals surface area contributed by atoms with Gasteiger partial charge in [-0.25, -0.2) is 9.59 Å². The van der Waals surface area contributed by atoms with Crippen LogP contribution in [0.3, 0.4) is 0 Å². The molecule has 0 spiro atoms. The van der Waals surface area contributed by atoms with E-state index in [-0.39, 0.29) is 12.1 Å². The van der Waals surface area contributed by atoms with E-state index in [0.29, 0.717) is 16.9 Å². The summed E-state index contributed by atoms with van der Waals surface area (Å²) < 4.78 is 0. The van der Waals surface area contributed by atoms with Crippen molar-refractivity contribution in [2.75, 3.05) is 17.4 Å². The minimum absolute atomic E-state index is 0.205. The molecule has 1 saturated heterocycles. The molecule has 19 heavy (non-hydrogen) atoms. The first-order chi connectivity index (χ1) is 9.11. The molecule has 2 aliphatic rings. The Morgan fingerprint density at radius 2 is 2.26 bits per heavy atom. The van der Waals surface area contributed by atoms with Gasteiger partial charge in [0.2, 0.25) is 0 Å². The lowest BCUT2D eigenvalue weighted by Crippen LogP contribution is -2.49. The summed E-state index contributed by atoms with van der Waals surface area (Å²) in [5.74, 6) is 1.16. The van der Waals surface area contributed by atoms with Crippen LogP contribution in [0.1, 0.15) is 26.2 Å². The average molecular weight is 304 g/mol. The average Bonchev–Trinajstić information content (AvgIpc) is 2.98. The van der Waals surface area contributed by atoms with Crippen molar-refractivity contribution in [2.24, 2.45) is 0 Å². The fourth-order valence-corrected chi connectivity index (χ4v) is 4.85. The lowest BCUT2D eigenvalue weighted by Gasteiger charge is -2.23. The van der Waals surface area contributed by atoms with Gasteiger partial charge in [-0.05, 0) is 25.0 Å². The Hall–Kier alpha value is -0.560. The molecule has 1 saturated carbocycles. The number of amides is 2. The molecule has 0 bridgehead atoms. The molecule has 0 aromatic rings. The van der Waals surface area contributed by atoms with Crippen molar-refractivity contribution in [1.82, 2.24) is 10.2 Å². The summed E-state index contributed by atoms with van der Waals surface area (Å²) in [6, 6.07) is -0.687. The third-order valence-corrected chi connectivity index (χ3v) is 5.79. The lowest BCUT2D eigenvalue weighted by molar-refractivity contribution is -0.140. The number of thioether (sulfide) groups is 2. The van der Waals surface area contributed by atoms with Crippen molar-refractivity contribution < 1.29 is 14.7 Å². The zero-order valence-corrected chi connectivity index (χ0v) is 12.6. The second kappa shape index (κ2) is 6.74. The molecular formula is C12H20N2O3S2. The zero-order valence-electron chi connectivity index (χ0n) is 11.0. The second-order valence-corrected chi connectivity index (χ2v) is 7.44. The van der Waals surface area contributed by atoms with Gasteiger partial charge in [-0.1, -0.05) is 6.92 Å². The molecule has 1 heterocycles. The van der Waals surface area contributed by atoms with E-state index in [1.165, 1.54) is 16.7 Å². The highest BCUT2D eigenvalue weighted by atomic mass is 32.2. The van der Waals surface area contributed by atoms with Crippen molar-refractivity contribution >= 4 is 35.5 Å². The van der Waals surface area contributed by atoms with E-state index >= 15 is 0 Å². The maximum Gasteiger partial charge on any atom is 0.327 e. The monoisotopic (exact) mass is 304 g/mol. The van der Waals surface area contributed by atoms with Crippen molar-refractivity contribution in [3.63, 3.8) is 0 Å². The molecule has 108 valence electrons. The Bertz CT molecular complexity index is 354. The van der Waals surface area contributed by atoms with Gasteiger partial charge in [-0.3, -0.25) is 0 Å². The van der Waals surface area contributed by atoms with Crippen LogP contribution < -0.4 is 5.32 Å². The standard InChI is InChI=1S/C12H20N2O3S2/c1-2-19-9-4-3-8(5-9)13-12(17)14-7-18-6-10(14)11(15)16/h8-10H,2-7H2,1H3,(H,13,17)(H,15,16)/t8?,9?,10-/m0/s1. The van der Waals surface area contributed by atoms with Gasteiger partial charge in [0.05, 0.1) is 5.88 Å². The van der Waals surface area contributed by atoms with Gasteiger partial charge >= 0.3 is 12.0 Å². The van der Waals surface area contributed by atoms with Crippen molar-refractivity contribution in [2.45, 2.75) is 43.5 Å². The van der Waals surface area contributed by atoms with Crippen LogP contribution in [0.25, 0.3) is 0 Å². The highest BCUT2D eigenvalue weighted by molar-refractivity contribution is 8.00. The van der Waals surface area contributed by atoms with Gasteiger partial charge in [-0.15, -0.1) is 11.8 Å². The van der Waals surface area contributed by atoms with Crippen molar-refractivity contribution in [3.8, 4) is 0 Å². The van der Waals surface area contributed by atoms with E-state index in [1.807, 2.05) is 11.8 Å². The number of carbonyl (C=O) groups is 2. The molecule has 0 aromatic heterocycles. The highest BCUT2D eigenvalue weighted by Crippen LogP contribution is 2.30. The van der Waals surface area contributed by atoms with E-state index in [1.54, 1.807) is 0 Å². The normalized spacial score (nSPS) is 30.6. The molecule has 1 aliphatic heterocycles. The van der Waals surface area contributed by atoms with E-state index < -0.39 is 12.0 Å². The third-order valence-electron chi connectivity index (χ3n) is 3.54. The zero-order chi connectivity index (χ0) is 13.8. The van der Waals surface area contributed by atoms with Gasteiger partial charge in [-0.2, -0.15) is 11.8 Å². The van der Waals surface area contributed by atoms with E-state index in [0.717, 1.165) is 25.0 Å². The van der Waals surface area contributed by atoms with Crippen LogP contribution in [0.5, 0.6) is 0 Å². The number of hydrogen-bond donors (Lipinski definition) is 2. The Morgan fingerprint density at radius 1 is 1.47 bits per heavy atom. The van der Waals surface area contributed by atoms with Gasteiger partial charge < -0.3 is 15.3 Å².